The minimum atomic E-state index is -0.476. The molecule has 0 spiro atoms. The molecule has 78 valence electrons. The molecule has 1 aromatic heterocycles. The number of hydrogen-bond donors (Lipinski definition) is 1. The van der Waals surface area contributed by atoms with Crippen molar-refractivity contribution in [2.24, 2.45) is 0 Å². The van der Waals surface area contributed by atoms with Crippen LogP contribution in [0.1, 0.15) is 6.92 Å². The van der Waals surface area contributed by atoms with Crippen LogP contribution in [-0.2, 0) is 4.74 Å². The fourth-order valence-corrected chi connectivity index (χ4v) is 1.22. The number of oxazole rings is 1. The van der Waals surface area contributed by atoms with Crippen LogP contribution in [0.4, 0.5) is 10.5 Å². The Balaban J connectivity index is 2.17. The van der Waals surface area contributed by atoms with E-state index in [4.69, 9.17) is 9.15 Å². The monoisotopic (exact) mass is 206 g/mol. The van der Waals surface area contributed by atoms with Crippen molar-refractivity contribution in [2.75, 3.05) is 11.9 Å². The molecule has 15 heavy (non-hydrogen) atoms. The third-order valence-electron chi connectivity index (χ3n) is 1.85. The summed E-state index contributed by atoms with van der Waals surface area (Å²) in [6, 6.07) is 5.20. The number of nitrogens with one attached hydrogen (secondary N) is 1. The molecule has 0 aliphatic heterocycles. The highest BCUT2D eigenvalue weighted by molar-refractivity contribution is 5.87. The molecule has 2 aromatic rings. The molecule has 0 unspecified atom stereocenters. The van der Waals surface area contributed by atoms with Crippen LogP contribution < -0.4 is 5.32 Å². The minimum Gasteiger partial charge on any atom is -0.450 e. The summed E-state index contributed by atoms with van der Waals surface area (Å²) < 4.78 is 9.84. The molecule has 0 fully saturated rings. The summed E-state index contributed by atoms with van der Waals surface area (Å²) in [6.07, 6.45) is 0.884. The van der Waals surface area contributed by atoms with Gasteiger partial charge in [-0.15, -0.1) is 0 Å². The van der Waals surface area contributed by atoms with E-state index >= 15 is 0 Å². The van der Waals surface area contributed by atoms with Crippen molar-refractivity contribution in [3.63, 3.8) is 0 Å². The first-order valence-electron chi connectivity index (χ1n) is 4.56. The number of benzene rings is 1. The molecule has 1 aromatic carbocycles. The maximum absolute atomic E-state index is 11.1. The molecule has 0 aliphatic rings. The highest BCUT2D eigenvalue weighted by Crippen LogP contribution is 2.17. The van der Waals surface area contributed by atoms with Gasteiger partial charge in [-0.2, -0.15) is 0 Å². The number of hydrogen-bond acceptors (Lipinski definition) is 4. The summed E-state index contributed by atoms with van der Waals surface area (Å²) in [5.41, 5.74) is 2.01. The SMILES string of the molecule is CCOC(=O)Nc1ccc2ncoc2c1. The van der Waals surface area contributed by atoms with E-state index in [9.17, 15) is 4.79 Å². The van der Waals surface area contributed by atoms with E-state index < -0.39 is 6.09 Å². The van der Waals surface area contributed by atoms with Gasteiger partial charge in [-0.05, 0) is 19.1 Å². The second kappa shape index (κ2) is 4.00. The van der Waals surface area contributed by atoms with Crippen LogP contribution in [-0.4, -0.2) is 17.7 Å². The Morgan fingerprint density at radius 1 is 1.60 bits per heavy atom. The maximum Gasteiger partial charge on any atom is 0.411 e. The van der Waals surface area contributed by atoms with Crippen LogP contribution in [0.25, 0.3) is 11.1 Å². The molecule has 1 N–H and O–H groups in total. The summed E-state index contributed by atoms with van der Waals surface area (Å²) in [5, 5.41) is 2.58. The molecule has 2 rings (SSSR count). The highest BCUT2D eigenvalue weighted by atomic mass is 16.5. The number of aromatic nitrogens is 1. The number of fused-ring (bicyclic) bond motifs is 1. The van der Waals surface area contributed by atoms with Crippen LogP contribution in [0.2, 0.25) is 0 Å². The van der Waals surface area contributed by atoms with Gasteiger partial charge in [0.05, 0.1) is 6.61 Å². The van der Waals surface area contributed by atoms with E-state index in [1.54, 1.807) is 25.1 Å². The fourth-order valence-electron chi connectivity index (χ4n) is 1.22. The van der Waals surface area contributed by atoms with Crippen molar-refractivity contribution in [1.82, 2.24) is 4.98 Å². The average molecular weight is 206 g/mol. The molecule has 5 nitrogen and oxygen atoms in total. The average Bonchev–Trinajstić information content (AvgIpc) is 2.65. The zero-order chi connectivity index (χ0) is 10.7. The third kappa shape index (κ3) is 2.07. The summed E-state index contributed by atoms with van der Waals surface area (Å²) in [7, 11) is 0. The van der Waals surface area contributed by atoms with Crippen LogP contribution in [0.15, 0.2) is 29.0 Å². The lowest BCUT2D eigenvalue weighted by Crippen LogP contribution is -2.12. The van der Waals surface area contributed by atoms with E-state index in [2.05, 4.69) is 10.3 Å². The number of anilines is 1. The Morgan fingerprint density at radius 2 is 2.47 bits per heavy atom. The van der Waals surface area contributed by atoms with Gasteiger partial charge in [-0.1, -0.05) is 0 Å². The Hall–Kier alpha value is -2.04. The van der Waals surface area contributed by atoms with Gasteiger partial charge in [0.2, 0.25) is 0 Å². The van der Waals surface area contributed by atoms with Gasteiger partial charge in [0.1, 0.15) is 5.52 Å². The Morgan fingerprint density at radius 3 is 3.27 bits per heavy atom. The van der Waals surface area contributed by atoms with Crippen molar-refractivity contribution in [3.8, 4) is 0 Å². The molecule has 0 bridgehead atoms. The molecule has 0 radical (unpaired) electrons. The van der Waals surface area contributed by atoms with Crippen molar-refractivity contribution in [3.05, 3.63) is 24.6 Å². The number of carbonyl (C=O) groups is 1. The molecule has 0 atom stereocenters. The fraction of sp³-hybridized carbons (Fsp3) is 0.200. The molecule has 1 amide bonds. The van der Waals surface area contributed by atoms with Crippen LogP contribution in [0.5, 0.6) is 0 Å². The van der Waals surface area contributed by atoms with Gasteiger partial charge in [0.15, 0.2) is 12.0 Å². The van der Waals surface area contributed by atoms with Gasteiger partial charge in [-0.3, -0.25) is 5.32 Å². The smallest absolute Gasteiger partial charge is 0.411 e. The first-order valence-corrected chi connectivity index (χ1v) is 4.56. The number of amides is 1. The van der Waals surface area contributed by atoms with E-state index in [0.717, 1.165) is 5.52 Å². The molecule has 0 saturated heterocycles. The molecule has 5 heteroatoms. The van der Waals surface area contributed by atoms with Crippen LogP contribution in [0, 0.1) is 0 Å². The van der Waals surface area contributed by atoms with Crippen molar-refractivity contribution < 1.29 is 13.9 Å². The van der Waals surface area contributed by atoms with Crippen LogP contribution >= 0.6 is 0 Å². The summed E-state index contributed by atoms with van der Waals surface area (Å²) in [4.78, 5) is 15.1. The van der Waals surface area contributed by atoms with Gasteiger partial charge in [0.25, 0.3) is 0 Å². The van der Waals surface area contributed by atoms with Gasteiger partial charge < -0.3 is 9.15 Å². The van der Waals surface area contributed by atoms with Crippen molar-refractivity contribution >= 4 is 22.9 Å². The van der Waals surface area contributed by atoms with Gasteiger partial charge in [-0.25, -0.2) is 9.78 Å². The normalized spacial score (nSPS) is 10.2. The van der Waals surface area contributed by atoms with Crippen molar-refractivity contribution in [1.29, 1.82) is 0 Å². The van der Waals surface area contributed by atoms with E-state index in [1.165, 1.54) is 6.39 Å². The first-order chi connectivity index (χ1) is 7.29. The predicted molar refractivity (Wildman–Crippen MR) is 54.7 cm³/mol. The van der Waals surface area contributed by atoms with Gasteiger partial charge in [0, 0.05) is 11.8 Å². The predicted octanol–water partition coefficient (Wildman–Crippen LogP) is 2.40. The summed E-state index contributed by atoms with van der Waals surface area (Å²) in [6.45, 7) is 2.09. The molecule has 0 saturated carbocycles. The highest BCUT2D eigenvalue weighted by Gasteiger charge is 2.04. The summed E-state index contributed by atoms with van der Waals surface area (Å²) in [5.74, 6) is 0. The largest absolute Gasteiger partial charge is 0.450 e. The lowest BCUT2D eigenvalue weighted by molar-refractivity contribution is 0.168. The molecule has 0 aliphatic carbocycles. The van der Waals surface area contributed by atoms with E-state index in [1.807, 2.05) is 0 Å². The maximum atomic E-state index is 11.1. The molecular formula is C10H10N2O3. The number of rotatable bonds is 2. The molecular weight excluding hydrogens is 196 g/mol. The number of ether oxygens (including phenoxy) is 1. The summed E-state index contributed by atoms with van der Waals surface area (Å²) >= 11 is 0. The minimum absolute atomic E-state index is 0.344. The third-order valence-corrected chi connectivity index (χ3v) is 1.85. The Labute approximate surface area is 86.0 Å². The standard InChI is InChI=1S/C10H10N2O3/c1-2-14-10(13)12-7-3-4-8-9(5-7)15-6-11-8/h3-6H,2H2,1H3,(H,12,13). The van der Waals surface area contributed by atoms with Crippen molar-refractivity contribution in [2.45, 2.75) is 6.92 Å². The lowest BCUT2D eigenvalue weighted by atomic mass is 10.3. The van der Waals surface area contributed by atoms with E-state index in [-0.39, 0.29) is 0 Å². The lowest BCUT2D eigenvalue weighted by Gasteiger charge is -2.03. The zero-order valence-corrected chi connectivity index (χ0v) is 8.19. The topological polar surface area (TPSA) is 64.4 Å². The van der Waals surface area contributed by atoms with Crippen LogP contribution in [0.3, 0.4) is 0 Å². The zero-order valence-electron chi connectivity index (χ0n) is 8.19. The van der Waals surface area contributed by atoms with Gasteiger partial charge >= 0.3 is 6.09 Å². The second-order valence-electron chi connectivity index (χ2n) is 2.88. The number of nitrogens with zero attached hydrogens (tertiary/aromatic N) is 1. The molecule has 1 heterocycles. The Kier molecular flexibility index (Phi) is 2.53. The first kappa shape index (κ1) is 9.51. The Bertz CT molecular complexity index is 478. The quantitative estimate of drug-likeness (QED) is 0.819. The second-order valence-corrected chi connectivity index (χ2v) is 2.88. The van der Waals surface area contributed by atoms with E-state index in [0.29, 0.717) is 17.9 Å². The number of carbonyl (C=O) groups excluding carboxylic acids is 1.